The average Bonchev–Trinajstić information content (AvgIpc) is 2.16. The first-order chi connectivity index (χ1) is 7.43. The van der Waals surface area contributed by atoms with Crippen LogP contribution >= 0.6 is 0 Å². The number of likely N-dealkylation sites (tertiary alicyclic amines) is 1. The van der Waals surface area contributed by atoms with Gasteiger partial charge in [0.25, 0.3) is 0 Å². The third-order valence-corrected chi connectivity index (χ3v) is 3.97. The Morgan fingerprint density at radius 2 is 1.62 bits per heavy atom. The summed E-state index contributed by atoms with van der Waals surface area (Å²) < 4.78 is 11.4. The maximum Gasteiger partial charge on any atom is 0.135 e. The summed E-state index contributed by atoms with van der Waals surface area (Å²) in [7, 11) is 0. The molecule has 2 heterocycles. The van der Waals surface area contributed by atoms with Crippen LogP contribution in [0.2, 0.25) is 0 Å². The van der Waals surface area contributed by atoms with Crippen molar-refractivity contribution in [1.29, 1.82) is 0 Å². The fourth-order valence-electron chi connectivity index (χ4n) is 3.42. The van der Waals surface area contributed by atoms with Crippen LogP contribution in [0.3, 0.4) is 0 Å². The normalized spacial score (nSPS) is 34.9. The molecule has 0 bridgehead atoms. The SMILES string of the molecule is CC1(C)CCCC(C)(C)N1C1COCCO1. The van der Waals surface area contributed by atoms with Crippen LogP contribution in [0.25, 0.3) is 0 Å². The summed E-state index contributed by atoms with van der Waals surface area (Å²) in [6.07, 6.45) is 3.94. The summed E-state index contributed by atoms with van der Waals surface area (Å²) in [6, 6.07) is 0. The van der Waals surface area contributed by atoms with Crippen molar-refractivity contribution >= 4 is 0 Å². The molecule has 3 nitrogen and oxygen atoms in total. The van der Waals surface area contributed by atoms with E-state index in [1.807, 2.05) is 0 Å². The van der Waals surface area contributed by atoms with E-state index in [9.17, 15) is 0 Å². The van der Waals surface area contributed by atoms with Crippen molar-refractivity contribution in [3.63, 3.8) is 0 Å². The Balaban J connectivity index is 2.18. The van der Waals surface area contributed by atoms with Crippen molar-refractivity contribution in [3.8, 4) is 0 Å². The summed E-state index contributed by atoms with van der Waals surface area (Å²) >= 11 is 0. The molecule has 1 atom stereocenters. The zero-order valence-corrected chi connectivity index (χ0v) is 11.1. The molecule has 1 unspecified atom stereocenters. The maximum atomic E-state index is 5.89. The van der Waals surface area contributed by atoms with E-state index in [-0.39, 0.29) is 17.3 Å². The largest absolute Gasteiger partial charge is 0.375 e. The van der Waals surface area contributed by atoms with E-state index < -0.39 is 0 Å². The summed E-state index contributed by atoms with van der Waals surface area (Å²) in [5.74, 6) is 0. The van der Waals surface area contributed by atoms with Gasteiger partial charge in [0.05, 0.1) is 19.8 Å². The predicted octanol–water partition coefficient (Wildman–Crippen LogP) is 2.40. The molecule has 2 rings (SSSR count). The van der Waals surface area contributed by atoms with Crippen LogP contribution in [0.15, 0.2) is 0 Å². The van der Waals surface area contributed by atoms with E-state index in [1.165, 1.54) is 19.3 Å². The molecule has 2 fully saturated rings. The fraction of sp³-hybridized carbons (Fsp3) is 1.00. The van der Waals surface area contributed by atoms with Crippen LogP contribution in [0.4, 0.5) is 0 Å². The fourth-order valence-corrected chi connectivity index (χ4v) is 3.42. The lowest BCUT2D eigenvalue weighted by molar-refractivity contribution is -0.216. The lowest BCUT2D eigenvalue weighted by Gasteiger charge is -2.56. The topological polar surface area (TPSA) is 21.7 Å². The second kappa shape index (κ2) is 4.28. The lowest BCUT2D eigenvalue weighted by atomic mass is 9.79. The van der Waals surface area contributed by atoms with Crippen molar-refractivity contribution in [1.82, 2.24) is 4.90 Å². The van der Waals surface area contributed by atoms with Crippen LogP contribution < -0.4 is 0 Å². The molecule has 0 N–H and O–H groups in total. The van der Waals surface area contributed by atoms with E-state index in [0.717, 1.165) is 13.2 Å². The molecule has 16 heavy (non-hydrogen) atoms. The molecule has 0 aromatic heterocycles. The van der Waals surface area contributed by atoms with Crippen molar-refractivity contribution in [3.05, 3.63) is 0 Å². The summed E-state index contributed by atoms with van der Waals surface area (Å²) in [5, 5.41) is 0. The minimum Gasteiger partial charge on any atom is -0.375 e. The predicted molar refractivity (Wildman–Crippen MR) is 64.4 cm³/mol. The Kier molecular flexibility index (Phi) is 3.30. The molecule has 0 aromatic rings. The molecule has 0 spiro atoms. The quantitative estimate of drug-likeness (QED) is 0.686. The van der Waals surface area contributed by atoms with Gasteiger partial charge in [-0.1, -0.05) is 0 Å². The van der Waals surface area contributed by atoms with Crippen LogP contribution in [0, 0.1) is 0 Å². The van der Waals surface area contributed by atoms with Gasteiger partial charge >= 0.3 is 0 Å². The second-order valence-corrected chi connectivity index (χ2v) is 6.25. The van der Waals surface area contributed by atoms with E-state index in [4.69, 9.17) is 9.47 Å². The third-order valence-electron chi connectivity index (χ3n) is 3.97. The highest BCUT2D eigenvalue weighted by molar-refractivity contribution is 4.98. The van der Waals surface area contributed by atoms with Gasteiger partial charge in [-0.3, -0.25) is 4.90 Å². The van der Waals surface area contributed by atoms with Crippen molar-refractivity contribution in [2.24, 2.45) is 0 Å². The number of hydrogen-bond donors (Lipinski definition) is 0. The number of rotatable bonds is 1. The molecular weight excluding hydrogens is 202 g/mol. The van der Waals surface area contributed by atoms with E-state index in [2.05, 4.69) is 32.6 Å². The Morgan fingerprint density at radius 3 is 2.12 bits per heavy atom. The summed E-state index contributed by atoms with van der Waals surface area (Å²) in [4.78, 5) is 2.53. The second-order valence-electron chi connectivity index (χ2n) is 6.25. The van der Waals surface area contributed by atoms with Gasteiger partial charge in [-0.05, 0) is 47.0 Å². The Bertz CT molecular complexity index is 228. The van der Waals surface area contributed by atoms with Gasteiger partial charge in [0.1, 0.15) is 6.23 Å². The molecule has 2 aliphatic heterocycles. The number of hydrogen-bond acceptors (Lipinski definition) is 3. The van der Waals surface area contributed by atoms with Gasteiger partial charge in [-0.2, -0.15) is 0 Å². The molecule has 0 saturated carbocycles. The van der Waals surface area contributed by atoms with Gasteiger partial charge in [-0.25, -0.2) is 0 Å². The minimum absolute atomic E-state index is 0.138. The highest BCUT2D eigenvalue weighted by atomic mass is 16.6. The molecule has 0 amide bonds. The first-order valence-electron chi connectivity index (χ1n) is 6.42. The summed E-state index contributed by atoms with van der Waals surface area (Å²) in [5.41, 5.74) is 0.431. The van der Waals surface area contributed by atoms with E-state index in [1.54, 1.807) is 0 Å². The smallest absolute Gasteiger partial charge is 0.135 e. The Morgan fingerprint density at radius 1 is 1.00 bits per heavy atom. The monoisotopic (exact) mass is 227 g/mol. The standard InChI is InChI=1S/C13H25NO2/c1-12(2)6-5-7-13(3,4)14(12)11-10-15-8-9-16-11/h11H,5-10H2,1-4H3. The van der Waals surface area contributed by atoms with Crippen molar-refractivity contribution in [2.45, 2.75) is 64.3 Å². The maximum absolute atomic E-state index is 5.89. The molecule has 2 aliphatic rings. The van der Waals surface area contributed by atoms with Crippen molar-refractivity contribution in [2.75, 3.05) is 19.8 Å². The van der Waals surface area contributed by atoms with Crippen LogP contribution in [-0.4, -0.2) is 42.0 Å². The Hall–Kier alpha value is -0.120. The van der Waals surface area contributed by atoms with Crippen LogP contribution in [0.5, 0.6) is 0 Å². The summed E-state index contributed by atoms with van der Waals surface area (Å²) in [6.45, 7) is 11.5. The van der Waals surface area contributed by atoms with Crippen LogP contribution in [-0.2, 0) is 9.47 Å². The Labute approximate surface area is 99.1 Å². The average molecular weight is 227 g/mol. The van der Waals surface area contributed by atoms with Crippen molar-refractivity contribution < 1.29 is 9.47 Å². The highest BCUT2D eigenvalue weighted by Crippen LogP contribution is 2.40. The minimum atomic E-state index is 0.138. The third kappa shape index (κ3) is 2.27. The lowest BCUT2D eigenvalue weighted by Crippen LogP contribution is -2.64. The molecule has 0 radical (unpaired) electrons. The van der Waals surface area contributed by atoms with Gasteiger partial charge in [-0.15, -0.1) is 0 Å². The van der Waals surface area contributed by atoms with E-state index in [0.29, 0.717) is 6.61 Å². The molecule has 3 heteroatoms. The first kappa shape index (κ1) is 12.3. The van der Waals surface area contributed by atoms with E-state index >= 15 is 0 Å². The number of piperidine rings is 1. The number of ether oxygens (including phenoxy) is 2. The number of nitrogens with zero attached hydrogens (tertiary/aromatic N) is 1. The zero-order valence-electron chi connectivity index (χ0n) is 11.1. The molecule has 2 saturated heterocycles. The first-order valence-corrected chi connectivity index (χ1v) is 6.42. The molecule has 0 aliphatic carbocycles. The van der Waals surface area contributed by atoms with Gasteiger partial charge in [0, 0.05) is 11.1 Å². The molecule has 94 valence electrons. The molecule has 0 aromatic carbocycles. The molecular formula is C13H25NO2. The van der Waals surface area contributed by atoms with Gasteiger partial charge in [0.15, 0.2) is 0 Å². The zero-order chi connectivity index (χ0) is 11.8. The van der Waals surface area contributed by atoms with Gasteiger partial charge < -0.3 is 9.47 Å². The van der Waals surface area contributed by atoms with Gasteiger partial charge in [0.2, 0.25) is 0 Å². The highest BCUT2D eigenvalue weighted by Gasteiger charge is 2.45. The van der Waals surface area contributed by atoms with Crippen LogP contribution in [0.1, 0.15) is 47.0 Å².